The van der Waals surface area contributed by atoms with Crippen LogP contribution in [-0.2, 0) is 11.0 Å². The molecule has 0 spiro atoms. The molecule has 1 aromatic rings. The van der Waals surface area contributed by atoms with E-state index < -0.39 is 29.9 Å². The zero-order valence-electron chi connectivity index (χ0n) is 9.93. The smallest absolute Gasteiger partial charge is 0.417 e. The molecule has 1 aromatic heterocycles. The summed E-state index contributed by atoms with van der Waals surface area (Å²) in [5.41, 5.74) is -1.02. The molecule has 2 unspecified atom stereocenters. The number of carboxylic acids is 1. The molecule has 0 amide bonds. The van der Waals surface area contributed by atoms with Gasteiger partial charge in [-0.15, -0.1) is 0 Å². The van der Waals surface area contributed by atoms with Crippen molar-refractivity contribution in [3.8, 4) is 0 Å². The van der Waals surface area contributed by atoms with Crippen LogP contribution < -0.4 is 4.90 Å². The van der Waals surface area contributed by atoms with E-state index in [2.05, 4.69) is 4.98 Å². The standard InChI is InChI=1S/C11H10ClF3N2O3/c12-7-1-5(11(13,14)15)3-16-9(7)17-4-6(18)2-8(17)10(19)20/h1,3,6,8,18H,2,4H2,(H,19,20). The topological polar surface area (TPSA) is 73.7 Å². The molecule has 1 saturated heterocycles. The highest BCUT2D eigenvalue weighted by Crippen LogP contribution is 2.35. The summed E-state index contributed by atoms with van der Waals surface area (Å²) in [7, 11) is 0. The van der Waals surface area contributed by atoms with Gasteiger partial charge in [-0.3, -0.25) is 0 Å². The highest BCUT2D eigenvalue weighted by molar-refractivity contribution is 6.33. The number of carboxylic acid groups (broad SMARTS) is 1. The first-order chi connectivity index (χ1) is 9.20. The second kappa shape index (κ2) is 5.10. The van der Waals surface area contributed by atoms with Crippen LogP contribution in [0.1, 0.15) is 12.0 Å². The predicted molar refractivity (Wildman–Crippen MR) is 63.6 cm³/mol. The van der Waals surface area contributed by atoms with Crippen LogP contribution in [-0.4, -0.2) is 39.9 Å². The fraction of sp³-hybridized carbons (Fsp3) is 0.455. The number of alkyl halides is 3. The number of carbonyl (C=O) groups is 1. The molecule has 2 rings (SSSR count). The van der Waals surface area contributed by atoms with E-state index in [1.54, 1.807) is 0 Å². The van der Waals surface area contributed by atoms with Crippen molar-refractivity contribution < 1.29 is 28.2 Å². The number of β-amino-alcohol motifs (C(OH)–C–C–N with tert-alkyl or cyclic N) is 1. The van der Waals surface area contributed by atoms with Crippen molar-refractivity contribution in [2.75, 3.05) is 11.4 Å². The van der Waals surface area contributed by atoms with Crippen molar-refractivity contribution in [1.82, 2.24) is 4.98 Å². The molecule has 0 aliphatic carbocycles. The number of hydrogen-bond acceptors (Lipinski definition) is 4. The summed E-state index contributed by atoms with van der Waals surface area (Å²) in [6.45, 7) is -0.0466. The van der Waals surface area contributed by atoms with Crippen molar-refractivity contribution in [3.05, 3.63) is 22.8 Å². The predicted octanol–water partition coefficient (Wildman–Crippen LogP) is 1.78. The van der Waals surface area contributed by atoms with E-state index in [-0.39, 0.29) is 23.8 Å². The molecule has 110 valence electrons. The molecule has 0 radical (unpaired) electrons. The third-order valence-corrected chi connectivity index (χ3v) is 3.26. The van der Waals surface area contributed by atoms with Crippen LogP contribution in [0.3, 0.4) is 0 Å². The third-order valence-electron chi connectivity index (χ3n) is 2.99. The lowest BCUT2D eigenvalue weighted by Gasteiger charge is -2.23. The molecule has 2 heterocycles. The molecule has 9 heteroatoms. The van der Waals surface area contributed by atoms with Crippen LogP contribution in [0.2, 0.25) is 5.02 Å². The summed E-state index contributed by atoms with van der Waals surface area (Å²) >= 11 is 5.75. The van der Waals surface area contributed by atoms with Gasteiger partial charge in [0.1, 0.15) is 11.9 Å². The number of rotatable bonds is 2. The first-order valence-electron chi connectivity index (χ1n) is 5.60. The Balaban J connectivity index is 2.36. The number of pyridine rings is 1. The maximum Gasteiger partial charge on any atom is 0.417 e. The van der Waals surface area contributed by atoms with Gasteiger partial charge < -0.3 is 15.1 Å². The summed E-state index contributed by atoms with van der Waals surface area (Å²) in [4.78, 5) is 15.8. The Morgan fingerprint density at radius 3 is 2.65 bits per heavy atom. The lowest BCUT2D eigenvalue weighted by atomic mass is 10.2. The van der Waals surface area contributed by atoms with Crippen LogP contribution in [0, 0.1) is 0 Å². The second-order valence-corrected chi connectivity index (χ2v) is 4.83. The molecule has 0 aromatic carbocycles. The minimum atomic E-state index is -4.58. The minimum absolute atomic E-state index is 0.0334. The highest BCUT2D eigenvalue weighted by Gasteiger charge is 2.38. The molecule has 1 aliphatic rings. The van der Waals surface area contributed by atoms with Crippen molar-refractivity contribution >= 4 is 23.4 Å². The van der Waals surface area contributed by atoms with Crippen LogP contribution in [0.4, 0.5) is 19.0 Å². The second-order valence-electron chi connectivity index (χ2n) is 4.42. The maximum absolute atomic E-state index is 12.5. The highest BCUT2D eigenvalue weighted by atomic mass is 35.5. The first-order valence-corrected chi connectivity index (χ1v) is 5.98. The molecule has 2 N–H and O–H groups in total. The largest absolute Gasteiger partial charge is 0.480 e. The van der Waals surface area contributed by atoms with E-state index in [1.165, 1.54) is 4.90 Å². The number of aliphatic hydroxyl groups is 1. The Morgan fingerprint density at radius 2 is 2.15 bits per heavy atom. The van der Waals surface area contributed by atoms with Gasteiger partial charge in [-0.05, 0) is 6.07 Å². The SMILES string of the molecule is O=C(O)C1CC(O)CN1c1ncc(C(F)(F)F)cc1Cl. The lowest BCUT2D eigenvalue weighted by molar-refractivity contribution is -0.139. The summed E-state index contributed by atoms with van der Waals surface area (Å²) in [6, 6.07) is -0.375. The summed E-state index contributed by atoms with van der Waals surface area (Å²) in [6.07, 6.45) is -4.92. The van der Waals surface area contributed by atoms with Crippen molar-refractivity contribution in [1.29, 1.82) is 0 Å². The van der Waals surface area contributed by atoms with Crippen molar-refractivity contribution in [2.45, 2.75) is 24.7 Å². The summed E-state index contributed by atoms with van der Waals surface area (Å²) in [5, 5.41) is 18.2. The van der Waals surface area contributed by atoms with Crippen molar-refractivity contribution in [2.24, 2.45) is 0 Å². The molecule has 5 nitrogen and oxygen atoms in total. The van der Waals surface area contributed by atoms with Gasteiger partial charge in [-0.2, -0.15) is 13.2 Å². The fourth-order valence-electron chi connectivity index (χ4n) is 2.08. The Labute approximate surface area is 116 Å². The van der Waals surface area contributed by atoms with Crippen LogP contribution in [0.5, 0.6) is 0 Å². The molecule has 0 bridgehead atoms. The number of halogens is 4. The Morgan fingerprint density at radius 1 is 1.50 bits per heavy atom. The summed E-state index contributed by atoms with van der Waals surface area (Å²) < 4.78 is 37.5. The van der Waals surface area contributed by atoms with Crippen molar-refractivity contribution in [3.63, 3.8) is 0 Å². The number of nitrogens with zero attached hydrogens (tertiary/aromatic N) is 2. The number of aliphatic carboxylic acids is 1. The van der Waals surface area contributed by atoms with Gasteiger partial charge in [0.2, 0.25) is 0 Å². The van der Waals surface area contributed by atoms with Crippen LogP contribution in [0.25, 0.3) is 0 Å². The molecular formula is C11H10ClF3N2O3. The maximum atomic E-state index is 12.5. The van der Waals surface area contributed by atoms with Gasteiger partial charge in [0.15, 0.2) is 0 Å². The van der Waals surface area contributed by atoms with E-state index in [1.807, 2.05) is 0 Å². The van der Waals surface area contributed by atoms with E-state index in [4.69, 9.17) is 16.7 Å². The van der Waals surface area contributed by atoms with Crippen LogP contribution >= 0.6 is 11.6 Å². The van der Waals surface area contributed by atoms with E-state index in [0.29, 0.717) is 12.3 Å². The molecule has 2 atom stereocenters. The normalized spacial score (nSPS) is 23.1. The van der Waals surface area contributed by atoms with Gasteiger partial charge in [-0.1, -0.05) is 11.6 Å². The van der Waals surface area contributed by atoms with Gasteiger partial charge in [0.05, 0.1) is 16.7 Å². The third kappa shape index (κ3) is 2.80. The minimum Gasteiger partial charge on any atom is -0.480 e. The quantitative estimate of drug-likeness (QED) is 0.871. The van der Waals surface area contributed by atoms with Gasteiger partial charge in [-0.25, -0.2) is 9.78 Å². The van der Waals surface area contributed by atoms with Crippen LogP contribution in [0.15, 0.2) is 12.3 Å². The molecule has 1 fully saturated rings. The van der Waals surface area contributed by atoms with Gasteiger partial charge in [0.25, 0.3) is 0 Å². The van der Waals surface area contributed by atoms with Gasteiger partial charge >= 0.3 is 12.1 Å². The fourth-order valence-corrected chi connectivity index (χ4v) is 2.35. The molecule has 0 saturated carbocycles. The number of aromatic nitrogens is 1. The average Bonchev–Trinajstić information content (AvgIpc) is 2.70. The lowest BCUT2D eigenvalue weighted by Crippen LogP contribution is -2.36. The van der Waals surface area contributed by atoms with E-state index in [9.17, 15) is 23.1 Å². The molecular weight excluding hydrogens is 301 g/mol. The Kier molecular flexibility index (Phi) is 3.79. The zero-order chi connectivity index (χ0) is 15.1. The average molecular weight is 311 g/mol. The molecule has 1 aliphatic heterocycles. The van der Waals surface area contributed by atoms with E-state index in [0.717, 1.165) is 0 Å². The van der Waals surface area contributed by atoms with Gasteiger partial charge in [0, 0.05) is 19.2 Å². The zero-order valence-corrected chi connectivity index (χ0v) is 10.7. The Bertz CT molecular complexity index is 538. The monoisotopic (exact) mass is 310 g/mol. The number of aliphatic hydroxyl groups excluding tert-OH is 1. The number of anilines is 1. The molecule has 20 heavy (non-hydrogen) atoms. The van der Waals surface area contributed by atoms with E-state index >= 15 is 0 Å². The number of hydrogen-bond donors (Lipinski definition) is 2. The summed E-state index contributed by atoms with van der Waals surface area (Å²) in [5.74, 6) is -1.28. The first kappa shape index (κ1) is 14.9. The Hall–Kier alpha value is -1.54.